The molecule has 0 saturated heterocycles. The second-order valence-corrected chi connectivity index (χ2v) is 8.86. The van der Waals surface area contributed by atoms with E-state index >= 15 is 0 Å². The molecule has 0 aliphatic heterocycles. The zero-order chi connectivity index (χ0) is 20.9. The number of H-pyrrole nitrogens is 1. The van der Waals surface area contributed by atoms with Crippen LogP contribution in [0.25, 0.3) is 21.3 Å². The van der Waals surface area contributed by atoms with Gasteiger partial charge in [-0.05, 0) is 18.1 Å². The fourth-order valence-electron chi connectivity index (χ4n) is 3.22. The van der Waals surface area contributed by atoms with Crippen LogP contribution in [0, 0.1) is 6.92 Å². The number of aryl methyl sites for hydroxylation is 1. The van der Waals surface area contributed by atoms with Gasteiger partial charge < -0.3 is 9.72 Å². The quantitative estimate of drug-likeness (QED) is 0.255. The van der Waals surface area contributed by atoms with Crippen molar-refractivity contribution in [1.29, 1.82) is 0 Å². The van der Waals surface area contributed by atoms with Crippen molar-refractivity contribution in [3.63, 3.8) is 0 Å². The number of nitrogens with zero attached hydrogens (tertiary/aromatic N) is 1. The minimum Gasteiger partial charge on any atom is -0.465 e. The molecule has 5 nitrogen and oxygen atoms in total. The van der Waals surface area contributed by atoms with Gasteiger partial charge in [0.05, 0.1) is 17.7 Å². The molecule has 2 aromatic heterocycles. The van der Waals surface area contributed by atoms with Crippen molar-refractivity contribution in [2.75, 3.05) is 12.4 Å². The summed E-state index contributed by atoms with van der Waals surface area (Å²) in [5, 5.41) is 1.02. The zero-order valence-corrected chi connectivity index (χ0v) is 18.0. The van der Waals surface area contributed by atoms with Gasteiger partial charge in [-0.3, -0.25) is 9.59 Å². The molecular formula is C23H20N2O3S2. The first kappa shape index (κ1) is 20.4. The molecule has 0 aliphatic rings. The van der Waals surface area contributed by atoms with E-state index in [0.717, 1.165) is 21.6 Å². The molecule has 0 amide bonds. The predicted octanol–water partition coefficient (Wildman–Crippen LogP) is 4.84. The Hall–Kier alpha value is -2.90. The lowest BCUT2D eigenvalue weighted by Gasteiger charge is -2.05. The van der Waals surface area contributed by atoms with Crippen LogP contribution in [-0.4, -0.2) is 28.3 Å². The summed E-state index contributed by atoms with van der Waals surface area (Å²) in [5.41, 5.74) is 2.84. The van der Waals surface area contributed by atoms with Crippen LogP contribution >= 0.6 is 23.1 Å². The Kier molecular flexibility index (Phi) is 6.30. The molecule has 1 N–H and O–H groups in total. The molecule has 0 atom stereocenters. The SMILES string of the molecule is Cc1sc2nc(SCC(=O)OCCc3ccccc3)[nH]c(=O)c2c1-c1ccccc1. The number of carbonyl (C=O) groups is 1. The number of hydrogen-bond acceptors (Lipinski definition) is 6. The summed E-state index contributed by atoms with van der Waals surface area (Å²) in [7, 11) is 0. The maximum absolute atomic E-state index is 12.8. The van der Waals surface area contributed by atoms with E-state index in [1.165, 1.54) is 23.1 Å². The van der Waals surface area contributed by atoms with E-state index in [4.69, 9.17) is 4.74 Å². The third-order valence-electron chi connectivity index (χ3n) is 4.60. The van der Waals surface area contributed by atoms with E-state index in [2.05, 4.69) is 9.97 Å². The number of thiophene rings is 1. The Balaban J connectivity index is 1.43. The highest BCUT2D eigenvalue weighted by Crippen LogP contribution is 2.35. The molecule has 2 heterocycles. The first-order chi connectivity index (χ1) is 14.6. The first-order valence-corrected chi connectivity index (χ1v) is 11.3. The Bertz CT molecular complexity index is 1220. The maximum atomic E-state index is 12.8. The topological polar surface area (TPSA) is 72.0 Å². The molecule has 0 unspecified atom stereocenters. The van der Waals surface area contributed by atoms with Crippen LogP contribution in [0.4, 0.5) is 0 Å². The van der Waals surface area contributed by atoms with Gasteiger partial charge in [0.25, 0.3) is 5.56 Å². The van der Waals surface area contributed by atoms with E-state index in [9.17, 15) is 9.59 Å². The average Bonchev–Trinajstić information content (AvgIpc) is 3.10. The van der Waals surface area contributed by atoms with E-state index in [-0.39, 0.29) is 17.3 Å². The maximum Gasteiger partial charge on any atom is 0.316 e. The number of rotatable bonds is 7. The van der Waals surface area contributed by atoms with Crippen LogP contribution in [0.3, 0.4) is 0 Å². The van der Waals surface area contributed by atoms with Crippen LogP contribution in [0.1, 0.15) is 10.4 Å². The normalized spacial score (nSPS) is 11.0. The average molecular weight is 437 g/mol. The largest absolute Gasteiger partial charge is 0.465 e. The number of aromatic nitrogens is 2. The molecule has 2 aromatic carbocycles. The molecule has 4 rings (SSSR count). The predicted molar refractivity (Wildman–Crippen MR) is 122 cm³/mol. The highest BCUT2D eigenvalue weighted by atomic mass is 32.2. The Labute approximate surface area is 182 Å². The molecule has 0 radical (unpaired) electrons. The highest BCUT2D eigenvalue weighted by Gasteiger charge is 2.17. The number of carbonyl (C=O) groups excluding carboxylic acids is 1. The Morgan fingerprint density at radius 2 is 1.80 bits per heavy atom. The number of hydrogen-bond donors (Lipinski definition) is 1. The molecule has 152 valence electrons. The van der Waals surface area contributed by atoms with Crippen LogP contribution in [0.15, 0.2) is 70.6 Å². The standard InChI is InChI=1S/C23H20N2O3S2/c1-15-19(17-10-6-3-7-11-17)20-21(27)24-23(25-22(20)30-15)29-14-18(26)28-13-12-16-8-4-2-5-9-16/h2-11H,12-14H2,1H3,(H,24,25,27). The van der Waals surface area contributed by atoms with Gasteiger partial charge in [0, 0.05) is 16.9 Å². The lowest BCUT2D eigenvalue weighted by molar-refractivity contribution is -0.140. The zero-order valence-electron chi connectivity index (χ0n) is 16.4. The summed E-state index contributed by atoms with van der Waals surface area (Å²) in [5.74, 6) is -0.231. The van der Waals surface area contributed by atoms with Gasteiger partial charge in [0.2, 0.25) is 0 Å². The molecular weight excluding hydrogens is 416 g/mol. The fourth-order valence-corrected chi connectivity index (χ4v) is 4.98. The van der Waals surface area contributed by atoms with E-state index < -0.39 is 0 Å². The second kappa shape index (κ2) is 9.28. The van der Waals surface area contributed by atoms with Crippen molar-refractivity contribution in [1.82, 2.24) is 9.97 Å². The molecule has 30 heavy (non-hydrogen) atoms. The van der Waals surface area contributed by atoms with Gasteiger partial charge in [0.1, 0.15) is 4.83 Å². The number of aromatic amines is 1. The highest BCUT2D eigenvalue weighted by molar-refractivity contribution is 7.99. The van der Waals surface area contributed by atoms with Crippen LogP contribution in [0.5, 0.6) is 0 Å². The van der Waals surface area contributed by atoms with Gasteiger partial charge in [-0.15, -0.1) is 11.3 Å². The summed E-state index contributed by atoms with van der Waals surface area (Å²) in [6.45, 7) is 2.32. The Morgan fingerprint density at radius 3 is 2.53 bits per heavy atom. The van der Waals surface area contributed by atoms with Gasteiger partial charge in [-0.1, -0.05) is 72.4 Å². The molecule has 0 fully saturated rings. The van der Waals surface area contributed by atoms with Crippen molar-refractivity contribution in [2.24, 2.45) is 0 Å². The fraction of sp³-hybridized carbons (Fsp3) is 0.174. The minimum atomic E-state index is -0.328. The summed E-state index contributed by atoms with van der Waals surface area (Å²) in [6.07, 6.45) is 0.676. The summed E-state index contributed by atoms with van der Waals surface area (Å²) in [4.78, 5) is 33.9. The van der Waals surface area contributed by atoms with Crippen molar-refractivity contribution >= 4 is 39.3 Å². The van der Waals surface area contributed by atoms with Crippen molar-refractivity contribution in [2.45, 2.75) is 18.5 Å². The minimum absolute atomic E-state index is 0.0964. The molecule has 0 bridgehead atoms. The van der Waals surface area contributed by atoms with E-state index in [1.807, 2.05) is 67.6 Å². The summed E-state index contributed by atoms with van der Waals surface area (Å²) < 4.78 is 5.29. The van der Waals surface area contributed by atoms with Crippen LogP contribution < -0.4 is 5.56 Å². The molecule has 0 spiro atoms. The number of esters is 1. The van der Waals surface area contributed by atoms with E-state index in [1.54, 1.807) is 0 Å². The van der Waals surface area contributed by atoms with Crippen molar-refractivity contribution < 1.29 is 9.53 Å². The van der Waals surface area contributed by atoms with Crippen LogP contribution in [0.2, 0.25) is 0 Å². The number of thioether (sulfide) groups is 1. The summed E-state index contributed by atoms with van der Waals surface area (Å²) >= 11 is 2.67. The molecule has 4 aromatic rings. The molecule has 0 aliphatic carbocycles. The number of fused-ring (bicyclic) bond motifs is 1. The third-order valence-corrected chi connectivity index (χ3v) is 6.45. The van der Waals surface area contributed by atoms with E-state index in [0.29, 0.717) is 28.4 Å². The lowest BCUT2D eigenvalue weighted by Crippen LogP contribution is -2.12. The van der Waals surface area contributed by atoms with Crippen molar-refractivity contribution in [3.05, 3.63) is 81.5 Å². The number of benzene rings is 2. The number of nitrogens with one attached hydrogen (secondary N) is 1. The van der Waals surface area contributed by atoms with Gasteiger partial charge in [-0.2, -0.15) is 0 Å². The molecule has 0 saturated carbocycles. The third kappa shape index (κ3) is 4.63. The second-order valence-electron chi connectivity index (χ2n) is 6.70. The monoisotopic (exact) mass is 436 g/mol. The molecule has 7 heteroatoms. The first-order valence-electron chi connectivity index (χ1n) is 9.53. The van der Waals surface area contributed by atoms with Gasteiger partial charge >= 0.3 is 5.97 Å². The van der Waals surface area contributed by atoms with Gasteiger partial charge in [-0.25, -0.2) is 4.98 Å². The summed E-state index contributed by atoms with van der Waals surface area (Å²) in [6, 6.07) is 19.7. The van der Waals surface area contributed by atoms with Crippen molar-refractivity contribution in [3.8, 4) is 11.1 Å². The number of ether oxygens (including phenoxy) is 1. The van der Waals surface area contributed by atoms with Crippen LogP contribution in [-0.2, 0) is 16.0 Å². The van der Waals surface area contributed by atoms with Gasteiger partial charge in [0.15, 0.2) is 5.16 Å². The smallest absolute Gasteiger partial charge is 0.316 e. The Morgan fingerprint density at radius 1 is 1.10 bits per heavy atom. The lowest BCUT2D eigenvalue weighted by atomic mass is 10.0.